The zero-order chi connectivity index (χ0) is 14.2. The Labute approximate surface area is 142 Å². The molecule has 22 heavy (non-hydrogen) atoms. The van der Waals surface area contributed by atoms with Crippen LogP contribution in [0.3, 0.4) is 0 Å². The third kappa shape index (κ3) is 6.43. The summed E-state index contributed by atoms with van der Waals surface area (Å²) in [6.07, 6.45) is 4.50. The molecule has 1 aromatic carbocycles. The first-order valence-corrected chi connectivity index (χ1v) is 6.64. The van der Waals surface area contributed by atoms with Crippen LogP contribution in [-0.4, -0.2) is 34.3 Å². The Kier molecular flexibility index (Phi) is 10.2. The standard InChI is InChI=1S/C14H19N5O.2ClH/c1-15-8-4-7-14(20)18-13-6-3-2-5-12(13)9-19-11-16-10-17-19;;/h2-3,5-6,10-11,15H,4,7-9H2,1H3,(H,18,20);2*1H. The van der Waals surface area contributed by atoms with Gasteiger partial charge in [-0.3, -0.25) is 4.79 Å². The van der Waals surface area contributed by atoms with Crippen molar-refractivity contribution in [2.45, 2.75) is 19.4 Å². The van der Waals surface area contributed by atoms with Gasteiger partial charge in [-0.2, -0.15) is 5.10 Å². The molecule has 0 spiro atoms. The average Bonchev–Trinajstić information content (AvgIpc) is 2.94. The van der Waals surface area contributed by atoms with Crippen molar-refractivity contribution in [3.8, 4) is 0 Å². The van der Waals surface area contributed by atoms with E-state index in [1.54, 1.807) is 11.0 Å². The number of carbonyl (C=O) groups is 1. The number of nitrogens with one attached hydrogen (secondary N) is 2. The van der Waals surface area contributed by atoms with E-state index < -0.39 is 0 Å². The van der Waals surface area contributed by atoms with Gasteiger partial charge >= 0.3 is 0 Å². The van der Waals surface area contributed by atoms with E-state index in [4.69, 9.17) is 0 Å². The number of halogens is 2. The molecule has 1 aromatic heterocycles. The fourth-order valence-electron chi connectivity index (χ4n) is 1.91. The van der Waals surface area contributed by atoms with Crippen LogP contribution in [0.4, 0.5) is 5.69 Å². The molecule has 0 saturated carbocycles. The molecule has 2 aromatic rings. The second-order valence-corrected chi connectivity index (χ2v) is 4.51. The lowest BCUT2D eigenvalue weighted by atomic mass is 10.1. The van der Waals surface area contributed by atoms with E-state index in [0.717, 1.165) is 24.2 Å². The van der Waals surface area contributed by atoms with Crippen LogP contribution < -0.4 is 10.6 Å². The zero-order valence-electron chi connectivity index (χ0n) is 12.4. The zero-order valence-corrected chi connectivity index (χ0v) is 14.0. The van der Waals surface area contributed by atoms with Crippen LogP contribution in [0.5, 0.6) is 0 Å². The molecule has 2 rings (SSSR count). The Bertz CT molecular complexity index is 548. The first kappa shape index (κ1) is 20.4. The van der Waals surface area contributed by atoms with E-state index in [1.165, 1.54) is 6.33 Å². The molecule has 1 amide bonds. The fourth-order valence-corrected chi connectivity index (χ4v) is 1.91. The molecule has 0 aliphatic carbocycles. The molecule has 0 fully saturated rings. The predicted octanol–water partition coefficient (Wildman–Crippen LogP) is 2.11. The van der Waals surface area contributed by atoms with E-state index in [-0.39, 0.29) is 30.7 Å². The number of carbonyl (C=O) groups excluding carboxylic acids is 1. The van der Waals surface area contributed by atoms with Crippen molar-refractivity contribution < 1.29 is 4.79 Å². The summed E-state index contributed by atoms with van der Waals surface area (Å²) in [5, 5.41) is 10.1. The molecule has 0 bridgehead atoms. The van der Waals surface area contributed by atoms with Gasteiger partial charge in [0.1, 0.15) is 12.7 Å². The Hall–Kier alpha value is -1.63. The average molecular weight is 346 g/mol. The number of amides is 1. The number of benzene rings is 1. The molecule has 0 aliphatic rings. The number of hydrogen-bond acceptors (Lipinski definition) is 4. The summed E-state index contributed by atoms with van der Waals surface area (Å²) < 4.78 is 1.73. The van der Waals surface area contributed by atoms with Gasteiger partial charge in [0.15, 0.2) is 0 Å². The third-order valence-corrected chi connectivity index (χ3v) is 2.92. The molecule has 122 valence electrons. The van der Waals surface area contributed by atoms with Crippen molar-refractivity contribution in [2.75, 3.05) is 18.9 Å². The van der Waals surface area contributed by atoms with Crippen LogP contribution in [-0.2, 0) is 11.3 Å². The molecule has 0 atom stereocenters. The first-order chi connectivity index (χ1) is 9.79. The van der Waals surface area contributed by atoms with Gasteiger partial charge in [-0.05, 0) is 31.6 Å². The van der Waals surface area contributed by atoms with Crippen LogP contribution in [0, 0.1) is 0 Å². The number of hydrogen-bond donors (Lipinski definition) is 2. The van der Waals surface area contributed by atoms with Gasteiger partial charge < -0.3 is 10.6 Å². The second-order valence-electron chi connectivity index (χ2n) is 4.51. The minimum Gasteiger partial charge on any atom is -0.326 e. The van der Waals surface area contributed by atoms with E-state index in [2.05, 4.69) is 20.7 Å². The van der Waals surface area contributed by atoms with Crippen molar-refractivity contribution in [1.82, 2.24) is 20.1 Å². The molecular weight excluding hydrogens is 325 g/mol. The summed E-state index contributed by atoms with van der Waals surface area (Å²) in [5.41, 5.74) is 1.84. The molecule has 6 nitrogen and oxygen atoms in total. The summed E-state index contributed by atoms with van der Waals surface area (Å²) in [5.74, 6) is 0.0336. The Morgan fingerprint density at radius 2 is 2.05 bits per heavy atom. The summed E-state index contributed by atoms with van der Waals surface area (Å²) in [7, 11) is 1.88. The molecular formula is C14H21Cl2N5O. The van der Waals surface area contributed by atoms with E-state index >= 15 is 0 Å². The largest absolute Gasteiger partial charge is 0.326 e. The van der Waals surface area contributed by atoms with Crippen molar-refractivity contribution >= 4 is 36.4 Å². The lowest BCUT2D eigenvalue weighted by molar-refractivity contribution is -0.116. The number of aromatic nitrogens is 3. The highest BCUT2D eigenvalue weighted by atomic mass is 35.5. The monoisotopic (exact) mass is 345 g/mol. The maximum atomic E-state index is 11.9. The predicted molar refractivity (Wildman–Crippen MR) is 91.9 cm³/mol. The summed E-state index contributed by atoms with van der Waals surface area (Å²) in [6, 6.07) is 7.74. The first-order valence-electron chi connectivity index (χ1n) is 6.64. The van der Waals surface area contributed by atoms with Crippen molar-refractivity contribution in [3.05, 3.63) is 42.5 Å². The summed E-state index contributed by atoms with van der Waals surface area (Å²) in [4.78, 5) is 15.8. The van der Waals surface area contributed by atoms with Crippen LogP contribution in [0.2, 0.25) is 0 Å². The Morgan fingerprint density at radius 3 is 2.73 bits per heavy atom. The number of para-hydroxylation sites is 1. The summed E-state index contributed by atoms with van der Waals surface area (Å²) >= 11 is 0. The number of anilines is 1. The Morgan fingerprint density at radius 1 is 1.27 bits per heavy atom. The molecule has 2 N–H and O–H groups in total. The van der Waals surface area contributed by atoms with Crippen LogP contribution >= 0.6 is 24.8 Å². The van der Waals surface area contributed by atoms with Gasteiger partial charge in [0.05, 0.1) is 6.54 Å². The smallest absolute Gasteiger partial charge is 0.224 e. The normalized spacial score (nSPS) is 9.50. The maximum Gasteiger partial charge on any atom is 0.224 e. The summed E-state index contributed by atoms with van der Waals surface area (Å²) in [6.45, 7) is 1.43. The SMILES string of the molecule is CNCCCC(=O)Nc1ccccc1Cn1cncn1.Cl.Cl. The van der Waals surface area contributed by atoms with Crippen LogP contribution in [0.25, 0.3) is 0 Å². The third-order valence-electron chi connectivity index (χ3n) is 2.92. The van der Waals surface area contributed by atoms with E-state index in [1.807, 2.05) is 31.3 Å². The molecule has 1 heterocycles. The van der Waals surface area contributed by atoms with Gasteiger partial charge in [-0.25, -0.2) is 9.67 Å². The highest BCUT2D eigenvalue weighted by Gasteiger charge is 2.07. The fraction of sp³-hybridized carbons (Fsp3) is 0.357. The van der Waals surface area contributed by atoms with Gasteiger partial charge in [0.25, 0.3) is 0 Å². The van der Waals surface area contributed by atoms with Crippen LogP contribution in [0.1, 0.15) is 18.4 Å². The molecule has 0 radical (unpaired) electrons. The highest BCUT2D eigenvalue weighted by molar-refractivity contribution is 5.91. The van der Waals surface area contributed by atoms with Gasteiger partial charge in [0, 0.05) is 12.1 Å². The quantitative estimate of drug-likeness (QED) is 0.754. The van der Waals surface area contributed by atoms with E-state index in [0.29, 0.717) is 13.0 Å². The van der Waals surface area contributed by atoms with Gasteiger partial charge in [0.2, 0.25) is 5.91 Å². The minimum atomic E-state index is 0. The lowest BCUT2D eigenvalue weighted by Crippen LogP contribution is -2.16. The second kappa shape index (κ2) is 11.0. The van der Waals surface area contributed by atoms with Gasteiger partial charge in [-0.15, -0.1) is 24.8 Å². The number of nitrogens with zero attached hydrogens (tertiary/aromatic N) is 3. The van der Waals surface area contributed by atoms with Crippen molar-refractivity contribution in [3.63, 3.8) is 0 Å². The van der Waals surface area contributed by atoms with Crippen LogP contribution in [0.15, 0.2) is 36.9 Å². The number of rotatable bonds is 7. The molecule has 0 unspecified atom stereocenters. The van der Waals surface area contributed by atoms with E-state index in [9.17, 15) is 4.79 Å². The van der Waals surface area contributed by atoms with Gasteiger partial charge in [-0.1, -0.05) is 18.2 Å². The Balaban J connectivity index is 0.00000220. The topological polar surface area (TPSA) is 71.8 Å². The molecule has 0 saturated heterocycles. The lowest BCUT2D eigenvalue weighted by Gasteiger charge is -2.11. The van der Waals surface area contributed by atoms with Crippen molar-refractivity contribution in [1.29, 1.82) is 0 Å². The molecule has 0 aliphatic heterocycles. The highest BCUT2D eigenvalue weighted by Crippen LogP contribution is 2.16. The maximum absolute atomic E-state index is 11.9. The molecule has 8 heteroatoms. The van der Waals surface area contributed by atoms with Crippen molar-refractivity contribution in [2.24, 2.45) is 0 Å². The minimum absolute atomic E-state index is 0.